The summed E-state index contributed by atoms with van der Waals surface area (Å²) in [5, 5.41) is 11.4. The molecule has 0 N–H and O–H groups in total. The maximum absolute atomic E-state index is 13.5. The fraction of sp³-hybridized carbons (Fsp3) is 0.267. The number of benzene rings is 3. The van der Waals surface area contributed by atoms with Crippen LogP contribution in [0.4, 0.5) is 5.95 Å². The zero-order chi connectivity index (χ0) is 27.5. The van der Waals surface area contributed by atoms with Gasteiger partial charge in [-0.15, -0.1) is 5.10 Å². The van der Waals surface area contributed by atoms with E-state index in [2.05, 4.69) is 41.5 Å². The lowest BCUT2D eigenvalue weighted by atomic mass is 9.90. The van der Waals surface area contributed by atoms with Crippen molar-refractivity contribution in [2.75, 3.05) is 25.8 Å². The molecule has 1 aliphatic heterocycles. The van der Waals surface area contributed by atoms with E-state index in [9.17, 15) is 9.59 Å². The van der Waals surface area contributed by atoms with E-state index in [4.69, 9.17) is 14.6 Å². The Kier molecular flexibility index (Phi) is 7.31. The minimum absolute atomic E-state index is 0.0417. The summed E-state index contributed by atoms with van der Waals surface area (Å²) in [7, 11) is 3.13. The number of carbonyl (C=O) groups excluding carboxylic acids is 1. The number of anilines is 1. The zero-order valence-corrected chi connectivity index (χ0v) is 22.4. The van der Waals surface area contributed by atoms with Gasteiger partial charge in [0.25, 0.3) is 0 Å². The van der Waals surface area contributed by atoms with Crippen molar-refractivity contribution in [3.63, 3.8) is 0 Å². The minimum Gasteiger partial charge on any atom is -0.493 e. The molecule has 0 saturated carbocycles. The third-order valence-electron chi connectivity index (χ3n) is 6.93. The lowest BCUT2D eigenvalue weighted by Gasteiger charge is -2.17. The molecule has 1 aromatic heterocycles. The number of hydrazone groups is 1. The van der Waals surface area contributed by atoms with E-state index in [0.717, 1.165) is 34.3 Å². The van der Waals surface area contributed by atoms with Crippen molar-refractivity contribution in [3.8, 4) is 11.5 Å². The van der Waals surface area contributed by atoms with Crippen molar-refractivity contribution in [3.05, 3.63) is 106 Å². The van der Waals surface area contributed by atoms with Gasteiger partial charge in [0.2, 0.25) is 5.95 Å². The molecule has 5 rings (SSSR count). The summed E-state index contributed by atoms with van der Waals surface area (Å²) >= 11 is 0. The Labute approximate surface area is 226 Å². The lowest BCUT2D eigenvalue weighted by Crippen LogP contribution is -2.30. The van der Waals surface area contributed by atoms with E-state index in [-0.39, 0.29) is 12.5 Å². The number of rotatable bonds is 9. The van der Waals surface area contributed by atoms with Crippen molar-refractivity contribution >= 4 is 17.9 Å². The Bertz CT molecular complexity index is 1560. The topological polar surface area (TPSA) is 91.0 Å². The molecule has 0 aliphatic carbocycles. The van der Waals surface area contributed by atoms with Crippen LogP contribution in [0, 0.1) is 6.92 Å². The van der Waals surface area contributed by atoms with E-state index in [1.165, 1.54) is 9.25 Å². The minimum atomic E-state index is -0.722. The SMILES string of the molecule is COc1ccc(Cn2nc(N3CC(c4ccccc4)C(c4ccc(C)cc4)=N3)n([C@@H](C)C=O)c2=O)cc1OC. The molecule has 9 nitrogen and oxygen atoms in total. The Morgan fingerprint density at radius 1 is 1.00 bits per heavy atom. The predicted octanol–water partition coefficient (Wildman–Crippen LogP) is 4.19. The molecule has 0 saturated heterocycles. The Hall–Kier alpha value is -4.66. The molecule has 200 valence electrons. The van der Waals surface area contributed by atoms with Crippen molar-refractivity contribution in [2.24, 2.45) is 5.10 Å². The summed E-state index contributed by atoms with van der Waals surface area (Å²) in [6.07, 6.45) is 0.739. The van der Waals surface area contributed by atoms with Crippen LogP contribution in [0.15, 0.2) is 82.7 Å². The highest BCUT2D eigenvalue weighted by atomic mass is 16.5. The van der Waals surface area contributed by atoms with Crippen molar-refractivity contribution in [1.82, 2.24) is 14.3 Å². The van der Waals surface area contributed by atoms with Gasteiger partial charge >= 0.3 is 5.69 Å². The predicted molar refractivity (Wildman–Crippen MR) is 150 cm³/mol. The summed E-state index contributed by atoms with van der Waals surface area (Å²) in [5.41, 5.74) is 4.56. The highest BCUT2D eigenvalue weighted by Gasteiger charge is 2.34. The quantitative estimate of drug-likeness (QED) is 0.305. The van der Waals surface area contributed by atoms with Crippen LogP contribution in [0.25, 0.3) is 0 Å². The van der Waals surface area contributed by atoms with Gasteiger partial charge < -0.3 is 14.3 Å². The smallest absolute Gasteiger partial charge is 0.348 e. The first kappa shape index (κ1) is 26.0. The third kappa shape index (κ3) is 5.07. The normalized spacial score (nSPS) is 15.6. The maximum Gasteiger partial charge on any atom is 0.348 e. The average Bonchev–Trinajstić information content (AvgIpc) is 3.55. The molecule has 1 unspecified atom stereocenters. The van der Waals surface area contributed by atoms with Crippen LogP contribution in [0.1, 0.15) is 41.1 Å². The molecule has 0 bridgehead atoms. The average molecular weight is 526 g/mol. The standard InChI is InChI=1S/C30H31N5O4/c1-20-10-13-24(14-11-20)28-25(23-8-6-5-7-9-23)18-33(31-28)29-32-34(30(37)35(29)21(2)19-36)17-22-12-15-26(38-3)27(16-22)39-4/h5-16,19,21,25H,17-18H2,1-4H3/t21-,25?/m0/s1. The second-order valence-corrected chi connectivity index (χ2v) is 9.57. The van der Waals surface area contributed by atoms with E-state index in [1.54, 1.807) is 32.2 Å². The summed E-state index contributed by atoms with van der Waals surface area (Å²) < 4.78 is 13.5. The summed E-state index contributed by atoms with van der Waals surface area (Å²) in [6.45, 7) is 4.39. The molecule has 0 amide bonds. The van der Waals surface area contributed by atoms with E-state index in [0.29, 0.717) is 24.0 Å². The van der Waals surface area contributed by atoms with Crippen LogP contribution in [-0.2, 0) is 11.3 Å². The molecule has 0 spiro atoms. The van der Waals surface area contributed by atoms with Gasteiger partial charge in [0, 0.05) is 5.92 Å². The highest BCUT2D eigenvalue weighted by Crippen LogP contribution is 2.32. The number of carbonyl (C=O) groups is 1. The van der Waals surface area contributed by atoms with Crippen molar-refractivity contribution in [1.29, 1.82) is 0 Å². The molecule has 39 heavy (non-hydrogen) atoms. The maximum atomic E-state index is 13.5. The van der Waals surface area contributed by atoms with Crippen LogP contribution in [0.2, 0.25) is 0 Å². The van der Waals surface area contributed by atoms with Gasteiger partial charge in [-0.05, 0) is 42.7 Å². The molecule has 0 fully saturated rings. The number of ether oxygens (including phenoxy) is 2. The van der Waals surface area contributed by atoms with Gasteiger partial charge in [-0.3, -0.25) is 0 Å². The molecular formula is C30H31N5O4. The van der Waals surface area contributed by atoms with Gasteiger partial charge in [0.1, 0.15) is 6.29 Å². The van der Waals surface area contributed by atoms with E-state index < -0.39 is 11.7 Å². The number of aromatic nitrogens is 3. The Morgan fingerprint density at radius 2 is 1.72 bits per heavy atom. The van der Waals surface area contributed by atoms with E-state index >= 15 is 0 Å². The highest BCUT2D eigenvalue weighted by molar-refractivity contribution is 6.07. The summed E-state index contributed by atoms with van der Waals surface area (Å²) in [6, 6.07) is 23.1. The molecule has 1 aliphatic rings. The molecule has 0 radical (unpaired) electrons. The molecule has 9 heteroatoms. The monoisotopic (exact) mass is 525 g/mol. The number of aldehydes is 1. The van der Waals surface area contributed by atoms with Gasteiger partial charge in [-0.25, -0.2) is 19.1 Å². The van der Waals surface area contributed by atoms with Gasteiger partial charge in [-0.1, -0.05) is 66.2 Å². The van der Waals surface area contributed by atoms with Crippen molar-refractivity contribution in [2.45, 2.75) is 32.4 Å². The molecule has 4 aromatic rings. The number of aryl methyl sites for hydroxylation is 1. The number of hydrogen-bond donors (Lipinski definition) is 0. The fourth-order valence-electron chi connectivity index (χ4n) is 4.82. The number of hydrogen-bond acceptors (Lipinski definition) is 7. The second-order valence-electron chi connectivity index (χ2n) is 9.57. The number of methoxy groups -OCH3 is 2. The first-order chi connectivity index (χ1) is 18.9. The molecule has 2 atom stereocenters. The van der Waals surface area contributed by atoms with Crippen molar-refractivity contribution < 1.29 is 14.3 Å². The Morgan fingerprint density at radius 3 is 2.38 bits per heavy atom. The van der Waals surface area contributed by atoms with Gasteiger partial charge in [0.05, 0.1) is 39.1 Å². The first-order valence-corrected chi connectivity index (χ1v) is 12.8. The largest absolute Gasteiger partial charge is 0.493 e. The number of nitrogens with zero attached hydrogens (tertiary/aromatic N) is 5. The van der Waals surface area contributed by atoms with Crippen LogP contribution in [0.5, 0.6) is 11.5 Å². The third-order valence-corrected chi connectivity index (χ3v) is 6.93. The lowest BCUT2D eigenvalue weighted by molar-refractivity contribution is -0.110. The zero-order valence-electron chi connectivity index (χ0n) is 22.4. The summed E-state index contributed by atoms with van der Waals surface area (Å²) in [5.74, 6) is 1.43. The van der Waals surface area contributed by atoms with Crippen LogP contribution in [-0.4, -0.2) is 47.1 Å². The van der Waals surface area contributed by atoms with Crippen LogP contribution < -0.4 is 20.2 Å². The van der Waals surface area contributed by atoms with Gasteiger partial charge in [-0.2, -0.15) is 5.10 Å². The molecule has 3 aromatic carbocycles. The molecule has 2 heterocycles. The second kappa shape index (κ2) is 11.0. The molecular weight excluding hydrogens is 494 g/mol. The first-order valence-electron chi connectivity index (χ1n) is 12.8. The van der Waals surface area contributed by atoms with Crippen LogP contribution >= 0.6 is 0 Å². The van der Waals surface area contributed by atoms with Gasteiger partial charge in [0.15, 0.2) is 11.5 Å². The Balaban J connectivity index is 1.57. The van der Waals surface area contributed by atoms with Crippen LogP contribution in [0.3, 0.4) is 0 Å². The fourth-order valence-corrected chi connectivity index (χ4v) is 4.82. The summed E-state index contributed by atoms with van der Waals surface area (Å²) in [4.78, 5) is 25.4. The van der Waals surface area contributed by atoms with E-state index in [1.807, 2.05) is 37.3 Å².